The summed E-state index contributed by atoms with van der Waals surface area (Å²) < 4.78 is 1.94. The van der Waals surface area contributed by atoms with Crippen molar-refractivity contribution in [2.24, 2.45) is 5.73 Å². The van der Waals surface area contributed by atoms with Gasteiger partial charge in [-0.05, 0) is 31.4 Å². The molecule has 92 valence electrons. The lowest BCUT2D eigenvalue weighted by Gasteiger charge is -2.09. The molecular formula is C12H16ClN3S. The molecule has 0 aliphatic heterocycles. The quantitative estimate of drug-likeness (QED) is 0.924. The highest BCUT2D eigenvalue weighted by molar-refractivity contribution is 7.10. The predicted octanol–water partition coefficient (Wildman–Crippen LogP) is 3.42. The average Bonchev–Trinajstić information content (AvgIpc) is 2.86. The first-order valence-electron chi connectivity index (χ1n) is 5.60. The molecule has 0 amide bonds. The van der Waals surface area contributed by atoms with Crippen LogP contribution in [-0.4, -0.2) is 9.78 Å². The summed E-state index contributed by atoms with van der Waals surface area (Å²) in [5, 5.41) is 7.21. The second-order valence-electron chi connectivity index (χ2n) is 4.32. The van der Waals surface area contributed by atoms with Crippen molar-refractivity contribution >= 4 is 22.9 Å². The van der Waals surface area contributed by atoms with E-state index in [1.165, 1.54) is 0 Å². The van der Waals surface area contributed by atoms with Crippen LogP contribution >= 0.6 is 22.9 Å². The van der Waals surface area contributed by atoms with Gasteiger partial charge in [0.25, 0.3) is 0 Å². The van der Waals surface area contributed by atoms with Gasteiger partial charge >= 0.3 is 0 Å². The van der Waals surface area contributed by atoms with Gasteiger partial charge in [-0.1, -0.05) is 11.6 Å². The fraction of sp³-hybridized carbons (Fsp3) is 0.417. The van der Waals surface area contributed by atoms with Gasteiger partial charge in [-0.15, -0.1) is 11.3 Å². The Morgan fingerprint density at radius 2 is 2.24 bits per heavy atom. The monoisotopic (exact) mass is 269 g/mol. The molecule has 1 atom stereocenters. The van der Waals surface area contributed by atoms with Gasteiger partial charge in [0.15, 0.2) is 0 Å². The third-order valence-corrected chi connectivity index (χ3v) is 4.09. The Morgan fingerprint density at radius 1 is 1.47 bits per heavy atom. The molecule has 2 heterocycles. The zero-order valence-electron chi connectivity index (χ0n) is 9.93. The van der Waals surface area contributed by atoms with E-state index in [1.54, 1.807) is 11.3 Å². The van der Waals surface area contributed by atoms with Gasteiger partial charge in [-0.2, -0.15) is 5.10 Å². The second kappa shape index (κ2) is 5.21. The Balaban J connectivity index is 2.08. The van der Waals surface area contributed by atoms with Gasteiger partial charge in [0.1, 0.15) is 0 Å². The van der Waals surface area contributed by atoms with Crippen molar-refractivity contribution in [2.75, 3.05) is 0 Å². The smallest absolute Gasteiger partial charge is 0.0643 e. The first-order valence-corrected chi connectivity index (χ1v) is 6.86. The zero-order chi connectivity index (χ0) is 12.4. The highest BCUT2D eigenvalue weighted by Crippen LogP contribution is 2.28. The fourth-order valence-electron chi connectivity index (χ4n) is 1.66. The van der Waals surface area contributed by atoms with Crippen LogP contribution in [0.4, 0.5) is 0 Å². The first kappa shape index (κ1) is 12.6. The number of nitrogens with two attached hydrogens (primary N) is 1. The number of nitrogens with zero attached hydrogens (tertiary/aromatic N) is 2. The van der Waals surface area contributed by atoms with Gasteiger partial charge < -0.3 is 5.73 Å². The van der Waals surface area contributed by atoms with Crippen LogP contribution < -0.4 is 5.73 Å². The molecule has 0 fully saturated rings. The van der Waals surface area contributed by atoms with E-state index in [-0.39, 0.29) is 6.04 Å². The molecule has 0 aliphatic rings. The summed E-state index contributed by atoms with van der Waals surface area (Å²) >= 11 is 7.66. The number of rotatable bonds is 4. The Morgan fingerprint density at radius 3 is 2.76 bits per heavy atom. The molecule has 0 bridgehead atoms. The van der Waals surface area contributed by atoms with E-state index < -0.39 is 0 Å². The van der Waals surface area contributed by atoms with Crippen LogP contribution in [0.2, 0.25) is 5.02 Å². The number of halogens is 1. The Bertz CT molecular complexity index is 489. The van der Waals surface area contributed by atoms with Crippen molar-refractivity contribution in [3.63, 3.8) is 0 Å². The SMILES string of the molecule is CC(C)n1ccc(CC(N)c2sccc2Cl)n1. The Hall–Kier alpha value is -0.840. The standard InChI is InChI=1S/C12H16ClN3S/c1-8(2)16-5-3-9(15-16)7-11(14)12-10(13)4-6-17-12/h3-6,8,11H,7,14H2,1-2H3. The molecule has 0 saturated carbocycles. The maximum atomic E-state index is 6.13. The molecule has 17 heavy (non-hydrogen) atoms. The minimum atomic E-state index is -0.0713. The minimum Gasteiger partial charge on any atom is -0.323 e. The van der Waals surface area contributed by atoms with Crippen LogP contribution in [0.25, 0.3) is 0 Å². The number of aromatic nitrogens is 2. The summed E-state index contributed by atoms with van der Waals surface area (Å²) in [5.41, 5.74) is 7.14. The molecule has 0 aromatic carbocycles. The van der Waals surface area contributed by atoms with Crippen LogP contribution in [0.15, 0.2) is 23.7 Å². The third kappa shape index (κ3) is 2.89. The van der Waals surface area contributed by atoms with E-state index in [0.717, 1.165) is 22.0 Å². The van der Waals surface area contributed by atoms with Crippen LogP contribution in [0.1, 0.15) is 36.5 Å². The van der Waals surface area contributed by atoms with Gasteiger partial charge in [0.2, 0.25) is 0 Å². The summed E-state index contributed by atoms with van der Waals surface area (Å²) in [5.74, 6) is 0. The second-order valence-corrected chi connectivity index (χ2v) is 5.68. The summed E-state index contributed by atoms with van der Waals surface area (Å²) in [4.78, 5) is 1.03. The molecule has 1 unspecified atom stereocenters. The van der Waals surface area contributed by atoms with E-state index in [2.05, 4.69) is 18.9 Å². The Labute approximate surface area is 110 Å². The van der Waals surface area contributed by atoms with E-state index in [4.69, 9.17) is 17.3 Å². The molecule has 2 rings (SSSR count). The van der Waals surface area contributed by atoms with Crippen molar-refractivity contribution in [3.05, 3.63) is 39.3 Å². The molecular weight excluding hydrogens is 254 g/mol. The number of hydrogen-bond acceptors (Lipinski definition) is 3. The van der Waals surface area contributed by atoms with Gasteiger partial charge in [0.05, 0.1) is 10.7 Å². The molecule has 2 aromatic heterocycles. The molecule has 0 radical (unpaired) electrons. The van der Waals surface area contributed by atoms with Crippen LogP contribution in [-0.2, 0) is 6.42 Å². The zero-order valence-corrected chi connectivity index (χ0v) is 11.5. The minimum absolute atomic E-state index is 0.0713. The average molecular weight is 270 g/mol. The predicted molar refractivity (Wildman–Crippen MR) is 72.6 cm³/mol. The molecule has 0 saturated heterocycles. The summed E-state index contributed by atoms with van der Waals surface area (Å²) in [6.07, 6.45) is 2.71. The Kier molecular flexibility index (Phi) is 3.86. The first-order chi connectivity index (χ1) is 8.08. The topological polar surface area (TPSA) is 43.8 Å². The summed E-state index contributed by atoms with van der Waals surface area (Å²) in [7, 11) is 0. The van der Waals surface area contributed by atoms with Crippen molar-refractivity contribution in [2.45, 2.75) is 32.4 Å². The highest BCUT2D eigenvalue weighted by atomic mass is 35.5. The van der Waals surface area contributed by atoms with Gasteiger partial charge in [0, 0.05) is 29.6 Å². The normalized spacial score (nSPS) is 13.2. The molecule has 0 spiro atoms. The highest BCUT2D eigenvalue weighted by Gasteiger charge is 2.14. The van der Waals surface area contributed by atoms with Crippen molar-refractivity contribution in [1.82, 2.24) is 9.78 Å². The lowest BCUT2D eigenvalue weighted by molar-refractivity contribution is 0.523. The van der Waals surface area contributed by atoms with E-state index >= 15 is 0 Å². The lowest BCUT2D eigenvalue weighted by Crippen LogP contribution is -2.13. The molecule has 3 nitrogen and oxygen atoms in total. The summed E-state index contributed by atoms with van der Waals surface area (Å²) in [6, 6.07) is 4.21. The molecule has 5 heteroatoms. The van der Waals surface area contributed by atoms with Crippen molar-refractivity contribution < 1.29 is 0 Å². The fourth-order valence-corrected chi connectivity index (χ4v) is 2.86. The maximum Gasteiger partial charge on any atom is 0.0643 e. The van der Waals surface area contributed by atoms with Gasteiger partial charge in [-0.3, -0.25) is 4.68 Å². The van der Waals surface area contributed by atoms with Gasteiger partial charge in [-0.25, -0.2) is 0 Å². The molecule has 2 aromatic rings. The largest absolute Gasteiger partial charge is 0.323 e. The van der Waals surface area contributed by atoms with Crippen molar-refractivity contribution in [1.29, 1.82) is 0 Å². The van der Waals surface area contributed by atoms with Crippen LogP contribution in [0, 0.1) is 0 Å². The summed E-state index contributed by atoms with van der Waals surface area (Å²) in [6.45, 7) is 4.21. The van der Waals surface area contributed by atoms with Crippen LogP contribution in [0.3, 0.4) is 0 Å². The van der Waals surface area contributed by atoms with E-state index in [0.29, 0.717) is 6.04 Å². The number of hydrogen-bond donors (Lipinski definition) is 1. The number of thiophene rings is 1. The van der Waals surface area contributed by atoms with E-state index in [1.807, 2.05) is 28.4 Å². The van der Waals surface area contributed by atoms with Crippen molar-refractivity contribution in [3.8, 4) is 0 Å². The van der Waals surface area contributed by atoms with E-state index in [9.17, 15) is 0 Å². The molecule has 0 aliphatic carbocycles. The van der Waals surface area contributed by atoms with Crippen LogP contribution in [0.5, 0.6) is 0 Å². The molecule has 2 N–H and O–H groups in total. The third-order valence-electron chi connectivity index (χ3n) is 2.60. The maximum absolute atomic E-state index is 6.13. The lowest BCUT2D eigenvalue weighted by atomic mass is 10.1.